The molecule has 0 amide bonds. The van der Waals surface area contributed by atoms with Crippen LogP contribution in [0.15, 0.2) is 42.5 Å². The smallest absolute Gasteiger partial charge is 0.338 e. The molecule has 0 spiro atoms. The lowest BCUT2D eigenvalue weighted by molar-refractivity contribution is -0.157. The summed E-state index contributed by atoms with van der Waals surface area (Å²) >= 11 is 5.69. The lowest BCUT2D eigenvalue weighted by Crippen LogP contribution is -2.71. The van der Waals surface area contributed by atoms with E-state index < -0.39 is 29.6 Å². The number of fused-ring (bicyclic) bond motifs is 4. The molecule has 0 radical (unpaired) electrons. The first-order valence-electron chi connectivity index (χ1n) is 10.2. The lowest BCUT2D eigenvalue weighted by atomic mass is 9.79. The molecule has 2 aliphatic heterocycles. The van der Waals surface area contributed by atoms with Crippen LogP contribution >= 0.6 is 12.2 Å². The summed E-state index contributed by atoms with van der Waals surface area (Å²) in [5.74, 6) is -0.498. The van der Waals surface area contributed by atoms with Crippen molar-refractivity contribution in [2.24, 2.45) is 5.92 Å². The largest absolute Gasteiger partial charge is 0.493 e. The molecule has 2 aliphatic rings. The number of rotatable bonds is 5. The van der Waals surface area contributed by atoms with E-state index in [2.05, 4.69) is 5.32 Å². The van der Waals surface area contributed by atoms with Crippen molar-refractivity contribution in [2.45, 2.75) is 25.6 Å². The van der Waals surface area contributed by atoms with Crippen LogP contribution in [0.25, 0.3) is 0 Å². The summed E-state index contributed by atoms with van der Waals surface area (Å²) in [6.07, 6.45) is 0. The molecule has 3 atom stereocenters. The Bertz CT molecular complexity index is 1070. The molecule has 2 aromatic rings. The highest BCUT2D eigenvalue weighted by Crippen LogP contribution is 2.52. The van der Waals surface area contributed by atoms with Gasteiger partial charge in [0.15, 0.2) is 16.6 Å². The summed E-state index contributed by atoms with van der Waals surface area (Å²) in [6, 6.07) is 11.8. The first-order valence-corrected chi connectivity index (χ1v) is 10.6. The van der Waals surface area contributed by atoms with E-state index in [9.17, 15) is 9.59 Å². The number of carbonyl (C=O) groups is 2. The number of methoxy groups -OCH3 is 2. The number of nitrogens with one attached hydrogen (secondary N) is 1. The third kappa shape index (κ3) is 3.33. The van der Waals surface area contributed by atoms with E-state index >= 15 is 0 Å². The van der Waals surface area contributed by atoms with Crippen LogP contribution in [0.5, 0.6) is 11.5 Å². The van der Waals surface area contributed by atoms with Crippen molar-refractivity contribution in [3.05, 3.63) is 53.6 Å². The zero-order valence-corrected chi connectivity index (χ0v) is 19.0. The van der Waals surface area contributed by atoms with Gasteiger partial charge < -0.3 is 24.3 Å². The quantitative estimate of drug-likeness (QED) is 0.538. The third-order valence-corrected chi connectivity index (χ3v) is 6.10. The van der Waals surface area contributed by atoms with Crippen molar-refractivity contribution in [3.8, 4) is 11.5 Å². The number of hydrogen-bond donors (Lipinski definition) is 1. The van der Waals surface area contributed by atoms with E-state index in [0.29, 0.717) is 27.9 Å². The fourth-order valence-corrected chi connectivity index (χ4v) is 4.78. The summed E-state index contributed by atoms with van der Waals surface area (Å²) in [6.45, 7) is 3.83. The normalized spacial score (nSPS) is 23.4. The first kappa shape index (κ1) is 21.9. The van der Waals surface area contributed by atoms with Gasteiger partial charge in [0.2, 0.25) is 5.72 Å². The Balaban J connectivity index is 1.82. The van der Waals surface area contributed by atoms with Crippen LogP contribution in [-0.4, -0.2) is 43.6 Å². The molecular weight excluding hydrogens is 432 g/mol. The Morgan fingerprint density at radius 3 is 2.53 bits per heavy atom. The molecular formula is C23H24N2O6S. The summed E-state index contributed by atoms with van der Waals surface area (Å²) in [4.78, 5) is 26.7. The van der Waals surface area contributed by atoms with E-state index in [1.807, 2.05) is 12.1 Å². The molecule has 2 bridgehead atoms. The molecule has 32 heavy (non-hydrogen) atoms. The van der Waals surface area contributed by atoms with Crippen molar-refractivity contribution in [2.75, 3.05) is 25.7 Å². The molecule has 1 fully saturated rings. The topological polar surface area (TPSA) is 86.3 Å². The molecule has 9 heteroatoms. The van der Waals surface area contributed by atoms with Gasteiger partial charge in [0.1, 0.15) is 5.92 Å². The van der Waals surface area contributed by atoms with Crippen LogP contribution in [0.2, 0.25) is 0 Å². The Hall–Kier alpha value is -3.33. The monoisotopic (exact) mass is 456 g/mol. The maximum atomic E-state index is 12.9. The van der Waals surface area contributed by atoms with Crippen molar-refractivity contribution < 1.29 is 28.5 Å². The fourth-order valence-electron chi connectivity index (χ4n) is 4.37. The van der Waals surface area contributed by atoms with Gasteiger partial charge in [-0.05, 0) is 56.4 Å². The van der Waals surface area contributed by atoms with Crippen LogP contribution < -0.4 is 19.7 Å². The van der Waals surface area contributed by atoms with Crippen LogP contribution in [0.1, 0.15) is 35.8 Å². The molecule has 0 aliphatic carbocycles. The van der Waals surface area contributed by atoms with Gasteiger partial charge in [-0.1, -0.05) is 12.1 Å². The van der Waals surface area contributed by atoms with Gasteiger partial charge in [0, 0.05) is 11.3 Å². The maximum absolute atomic E-state index is 12.9. The zero-order valence-electron chi connectivity index (χ0n) is 18.2. The molecule has 1 saturated heterocycles. The summed E-state index contributed by atoms with van der Waals surface area (Å²) in [7, 11) is 2.91. The summed E-state index contributed by atoms with van der Waals surface area (Å²) < 4.78 is 22.2. The maximum Gasteiger partial charge on any atom is 0.338 e. The average Bonchev–Trinajstić information content (AvgIpc) is 2.78. The number of carbonyl (C=O) groups excluding carboxylic acids is 2. The number of para-hydroxylation sites is 1. The molecule has 2 aromatic carbocycles. The first-order chi connectivity index (χ1) is 15.3. The number of nitrogens with zero attached hydrogens (tertiary/aromatic N) is 1. The van der Waals surface area contributed by atoms with E-state index in [1.54, 1.807) is 56.2 Å². The molecule has 2 heterocycles. The summed E-state index contributed by atoms with van der Waals surface area (Å²) in [5.41, 5.74) is 0.601. The van der Waals surface area contributed by atoms with Gasteiger partial charge in [-0.2, -0.15) is 0 Å². The number of anilines is 1. The number of ether oxygens (including phenoxy) is 4. The van der Waals surface area contributed by atoms with Crippen molar-refractivity contribution in [1.29, 1.82) is 0 Å². The lowest BCUT2D eigenvalue weighted by Gasteiger charge is -2.55. The predicted molar refractivity (Wildman–Crippen MR) is 121 cm³/mol. The minimum atomic E-state index is -1.22. The highest BCUT2D eigenvalue weighted by molar-refractivity contribution is 7.80. The fraction of sp³-hybridized carbons (Fsp3) is 0.348. The molecule has 0 saturated carbocycles. The molecule has 0 aromatic heterocycles. The second-order valence-corrected chi connectivity index (χ2v) is 7.95. The Kier molecular flexibility index (Phi) is 5.68. The number of esters is 2. The average molecular weight is 457 g/mol. The molecule has 0 unspecified atom stereocenters. The number of thiocarbonyl (C=S) groups is 1. The third-order valence-electron chi connectivity index (χ3n) is 5.80. The van der Waals surface area contributed by atoms with Gasteiger partial charge in [-0.25, -0.2) is 4.79 Å². The molecule has 1 N–H and O–H groups in total. The SMILES string of the molecule is CCOC(=O)c1ccc(N2C(=S)N[C@H]3c4cccc(OC)c4O[C@@]2(C)[C@@H]3C(=O)OC)cc1. The van der Waals surface area contributed by atoms with Crippen LogP contribution in [0.4, 0.5) is 5.69 Å². The van der Waals surface area contributed by atoms with Gasteiger partial charge >= 0.3 is 11.9 Å². The van der Waals surface area contributed by atoms with Crippen LogP contribution in [0, 0.1) is 5.92 Å². The molecule has 8 nitrogen and oxygen atoms in total. The van der Waals surface area contributed by atoms with Crippen LogP contribution in [0.3, 0.4) is 0 Å². The van der Waals surface area contributed by atoms with E-state index in [-0.39, 0.29) is 6.61 Å². The standard InChI is InChI=1S/C23H24N2O6S/c1-5-30-20(26)13-9-11-14(12-10-13)25-22(32)24-18-15-7-6-8-16(28-3)19(15)31-23(25,2)17(18)21(27)29-4/h6-12,17-18H,5H2,1-4H3,(H,24,32)/t17-,18-,23-/m0/s1. The number of benzene rings is 2. The van der Waals surface area contributed by atoms with E-state index in [4.69, 9.17) is 31.2 Å². The Morgan fingerprint density at radius 1 is 1.19 bits per heavy atom. The van der Waals surface area contributed by atoms with Gasteiger partial charge in [0.25, 0.3) is 0 Å². The second kappa shape index (κ2) is 8.31. The van der Waals surface area contributed by atoms with E-state index in [0.717, 1.165) is 5.56 Å². The number of hydrogen-bond acceptors (Lipinski definition) is 7. The Labute approximate surface area is 191 Å². The van der Waals surface area contributed by atoms with Crippen molar-refractivity contribution in [1.82, 2.24) is 5.32 Å². The van der Waals surface area contributed by atoms with Gasteiger partial charge in [-0.3, -0.25) is 9.69 Å². The molecule has 4 rings (SSSR count). The van der Waals surface area contributed by atoms with Crippen molar-refractivity contribution in [3.63, 3.8) is 0 Å². The minimum Gasteiger partial charge on any atom is -0.493 e. The minimum absolute atomic E-state index is 0.288. The Morgan fingerprint density at radius 2 is 1.91 bits per heavy atom. The van der Waals surface area contributed by atoms with Gasteiger partial charge in [0.05, 0.1) is 32.4 Å². The highest BCUT2D eigenvalue weighted by atomic mass is 32.1. The van der Waals surface area contributed by atoms with Crippen LogP contribution in [-0.2, 0) is 14.3 Å². The summed E-state index contributed by atoms with van der Waals surface area (Å²) in [5, 5.41) is 3.67. The van der Waals surface area contributed by atoms with E-state index in [1.165, 1.54) is 7.11 Å². The van der Waals surface area contributed by atoms with Crippen molar-refractivity contribution >= 4 is 35.0 Å². The predicted octanol–water partition coefficient (Wildman–Crippen LogP) is 3.21. The zero-order chi connectivity index (χ0) is 23.0. The van der Waals surface area contributed by atoms with Gasteiger partial charge in [-0.15, -0.1) is 0 Å². The molecule has 168 valence electrons. The highest BCUT2D eigenvalue weighted by Gasteiger charge is 2.60. The second-order valence-electron chi connectivity index (χ2n) is 7.57.